The van der Waals surface area contributed by atoms with Crippen molar-refractivity contribution >= 4 is 29.1 Å². The third kappa shape index (κ3) is 5.54. The minimum absolute atomic E-state index is 0.134. The number of hydrogen-bond donors (Lipinski definition) is 0. The van der Waals surface area contributed by atoms with Crippen LogP contribution in [-0.4, -0.2) is 70.9 Å². The average molecular weight is 526 g/mol. The van der Waals surface area contributed by atoms with Crippen molar-refractivity contribution in [2.75, 3.05) is 42.6 Å². The number of ether oxygens (including phenoxy) is 3. The van der Waals surface area contributed by atoms with Crippen LogP contribution in [0.2, 0.25) is 0 Å². The van der Waals surface area contributed by atoms with Gasteiger partial charge in [0, 0.05) is 25.2 Å². The first-order chi connectivity index (χ1) is 18.4. The van der Waals surface area contributed by atoms with Gasteiger partial charge >= 0.3 is 12.1 Å². The van der Waals surface area contributed by atoms with Crippen LogP contribution < -0.4 is 9.80 Å². The number of cyclic esters (lactones) is 1. The number of carbonyl (C=O) groups excluding carboxylic acids is 2. The highest BCUT2D eigenvalue weighted by molar-refractivity contribution is 5.90. The largest absolute Gasteiger partial charge is 0.455 e. The van der Waals surface area contributed by atoms with Crippen molar-refractivity contribution in [1.29, 1.82) is 0 Å². The van der Waals surface area contributed by atoms with Crippen molar-refractivity contribution in [3.8, 4) is 0 Å². The summed E-state index contributed by atoms with van der Waals surface area (Å²) in [6.45, 7) is 2.49. The van der Waals surface area contributed by atoms with Gasteiger partial charge in [-0.1, -0.05) is 5.21 Å². The number of anilines is 2. The first-order valence-electron chi connectivity index (χ1n) is 11.8. The van der Waals surface area contributed by atoms with Crippen molar-refractivity contribution in [3.63, 3.8) is 0 Å². The van der Waals surface area contributed by atoms with Crippen LogP contribution in [0, 0.1) is 15.9 Å². The van der Waals surface area contributed by atoms with Crippen LogP contribution in [0.25, 0.3) is 0 Å². The van der Waals surface area contributed by atoms with Crippen LogP contribution in [0.1, 0.15) is 16.1 Å². The molecule has 2 aliphatic rings. The van der Waals surface area contributed by atoms with E-state index in [0.29, 0.717) is 43.4 Å². The Bertz CT molecular complexity index is 1340. The topological polar surface area (TPSA) is 142 Å². The summed E-state index contributed by atoms with van der Waals surface area (Å²) in [5.41, 5.74) is 1.25. The third-order valence-corrected chi connectivity index (χ3v) is 6.11. The van der Waals surface area contributed by atoms with Crippen LogP contribution in [0.5, 0.6) is 0 Å². The van der Waals surface area contributed by atoms with E-state index in [1.54, 1.807) is 18.3 Å². The Kier molecular flexibility index (Phi) is 7.13. The number of benzene rings is 2. The quantitative estimate of drug-likeness (QED) is 0.244. The first kappa shape index (κ1) is 25.1. The van der Waals surface area contributed by atoms with Crippen molar-refractivity contribution < 1.29 is 33.1 Å². The Labute approximate surface area is 215 Å². The number of halogens is 1. The van der Waals surface area contributed by atoms with Gasteiger partial charge in [-0.2, -0.15) is 0 Å². The summed E-state index contributed by atoms with van der Waals surface area (Å²) in [6.07, 6.45) is 0.406. The number of nitro benzene ring substituents is 1. The summed E-state index contributed by atoms with van der Waals surface area (Å²) in [6, 6.07) is 9.70. The summed E-state index contributed by atoms with van der Waals surface area (Å²) in [5.74, 6) is -1.09. The molecule has 38 heavy (non-hydrogen) atoms. The molecule has 0 N–H and O–H groups in total. The molecule has 0 unspecified atom stereocenters. The van der Waals surface area contributed by atoms with E-state index in [2.05, 4.69) is 10.3 Å². The van der Waals surface area contributed by atoms with Crippen molar-refractivity contribution in [1.82, 2.24) is 15.0 Å². The number of morpholine rings is 1. The number of non-ortho nitro benzene ring substituents is 1. The number of aromatic nitrogens is 3. The molecule has 0 radical (unpaired) electrons. The van der Waals surface area contributed by atoms with Crippen LogP contribution in [0.4, 0.5) is 26.2 Å². The molecule has 13 nitrogen and oxygen atoms in total. The fraction of sp³-hybridized carbons (Fsp3) is 0.333. The molecule has 0 bridgehead atoms. The molecule has 2 aliphatic heterocycles. The minimum atomic E-state index is -0.665. The van der Waals surface area contributed by atoms with E-state index in [4.69, 9.17) is 14.2 Å². The molecular formula is C24H23FN6O7. The smallest absolute Gasteiger partial charge is 0.414 e. The Morgan fingerprint density at radius 3 is 2.66 bits per heavy atom. The first-order valence-corrected chi connectivity index (χ1v) is 11.8. The second kappa shape index (κ2) is 10.8. The highest BCUT2D eigenvalue weighted by atomic mass is 19.1. The molecule has 198 valence electrons. The predicted octanol–water partition coefficient (Wildman–Crippen LogP) is 2.54. The Morgan fingerprint density at radius 2 is 1.95 bits per heavy atom. The Balaban J connectivity index is 1.15. The number of carbonyl (C=O) groups is 2. The van der Waals surface area contributed by atoms with Gasteiger partial charge in [0.1, 0.15) is 24.2 Å². The van der Waals surface area contributed by atoms with Crippen molar-refractivity contribution in [2.45, 2.75) is 19.3 Å². The van der Waals surface area contributed by atoms with Crippen LogP contribution >= 0.6 is 0 Å². The molecule has 0 aliphatic carbocycles. The molecule has 0 spiro atoms. The summed E-state index contributed by atoms with van der Waals surface area (Å²) >= 11 is 0. The molecule has 3 aromatic rings. The highest BCUT2D eigenvalue weighted by Gasteiger charge is 2.33. The average Bonchev–Trinajstić information content (AvgIpc) is 3.53. The van der Waals surface area contributed by atoms with E-state index in [1.165, 1.54) is 39.9 Å². The Morgan fingerprint density at radius 1 is 1.18 bits per heavy atom. The van der Waals surface area contributed by atoms with Crippen LogP contribution in [0.15, 0.2) is 48.7 Å². The molecule has 1 atom stereocenters. The lowest BCUT2D eigenvalue weighted by atomic mass is 10.2. The summed E-state index contributed by atoms with van der Waals surface area (Å²) < 4.78 is 32.2. The maximum absolute atomic E-state index is 14.8. The monoisotopic (exact) mass is 526 g/mol. The van der Waals surface area contributed by atoms with Gasteiger partial charge in [-0.3, -0.25) is 15.0 Å². The molecule has 1 aromatic heterocycles. The molecule has 14 heteroatoms. The number of esters is 1. The van der Waals surface area contributed by atoms with Crippen molar-refractivity contribution in [2.24, 2.45) is 0 Å². The SMILES string of the molecule is O=C(OCc1cn(C[C@H]2CN(c3ccc(N4CCOCC4)c(F)c3)C(=O)O2)nn1)c1ccc([N+](=O)[O-])cc1. The zero-order chi connectivity index (χ0) is 26.6. The molecule has 5 rings (SSSR count). The maximum Gasteiger partial charge on any atom is 0.414 e. The third-order valence-electron chi connectivity index (χ3n) is 6.11. The highest BCUT2D eigenvalue weighted by Crippen LogP contribution is 2.28. The zero-order valence-corrected chi connectivity index (χ0v) is 20.1. The second-order valence-corrected chi connectivity index (χ2v) is 8.66. The standard InChI is InChI=1S/C24H23FN6O7/c25-21-11-19(5-6-22(21)28-7-9-36-10-8-28)30-14-20(38-24(30)33)13-29-12-17(26-27-29)15-37-23(32)16-1-3-18(4-2-16)31(34)35/h1-6,11-12,20H,7-10,13-15H2/t20-/m0/s1. The van der Waals surface area contributed by atoms with E-state index in [9.17, 15) is 24.1 Å². The summed E-state index contributed by atoms with van der Waals surface area (Å²) in [7, 11) is 0. The maximum atomic E-state index is 14.8. The molecule has 2 saturated heterocycles. The predicted molar refractivity (Wildman–Crippen MR) is 129 cm³/mol. The van der Waals surface area contributed by atoms with Gasteiger partial charge in [-0.15, -0.1) is 5.10 Å². The lowest BCUT2D eigenvalue weighted by Crippen LogP contribution is -2.36. The van der Waals surface area contributed by atoms with E-state index < -0.39 is 28.9 Å². The van der Waals surface area contributed by atoms with Gasteiger partial charge in [-0.05, 0) is 30.3 Å². The fourth-order valence-electron chi connectivity index (χ4n) is 4.20. The number of hydrogen-bond acceptors (Lipinski definition) is 10. The summed E-state index contributed by atoms with van der Waals surface area (Å²) in [5, 5.41) is 18.7. The normalized spacial score (nSPS) is 17.4. The lowest BCUT2D eigenvalue weighted by Gasteiger charge is -2.29. The lowest BCUT2D eigenvalue weighted by molar-refractivity contribution is -0.384. The minimum Gasteiger partial charge on any atom is -0.455 e. The number of amides is 1. The molecule has 2 fully saturated rings. The van der Waals surface area contributed by atoms with Gasteiger partial charge in [0.15, 0.2) is 0 Å². The van der Waals surface area contributed by atoms with E-state index >= 15 is 0 Å². The molecule has 3 heterocycles. The molecule has 2 aromatic carbocycles. The van der Waals surface area contributed by atoms with Crippen LogP contribution in [0.3, 0.4) is 0 Å². The fourth-order valence-corrected chi connectivity index (χ4v) is 4.20. The van der Waals surface area contributed by atoms with E-state index in [0.717, 1.165) is 0 Å². The van der Waals surface area contributed by atoms with Crippen molar-refractivity contribution in [3.05, 3.63) is 75.9 Å². The van der Waals surface area contributed by atoms with Gasteiger partial charge < -0.3 is 19.1 Å². The number of nitrogens with zero attached hydrogens (tertiary/aromatic N) is 6. The second-order valence-electron chi connectivity index (χ2n) is 8.66. The van der Waals surface area contributed by atoms with Gasteiger partial charge in [0.2, 0.25) is 0 Å². The van der Waals surface area contributed by atoms with Gasteiger partial charge in [0.25, 0.3) is 5.69 Å². The Hall–Kier alpha value is -4.59. The van der Waals surface area contributed by atoms with E-state index in [1.807, 2.05) is 4.90 Å². The number of rotatable bonds is 8. The molecule has 1 amide bonds. The van der Waals surface area contributed by atoms with E-state index in [-0.39, 0.29) is 30.9 Å². The molecule has 0 saturated carbocycles. The van der Waals surface area contributed by atoms with Gasteiger partial charge in [-0.25, -0.2) is 18.7 Å². The zero-order valence-electron chi connectivity index (χ0n) is 20.1. The summed E-state index contributed by atoms with van der Waals surface area (Å²) in [4.78, 5) is 38.1. The number of nitro groups is 1. The van der Waals surface area contributed by atoms with Crippen LogP contribution in [-0.2, 0) is 27.4 Å². The van der Waals surface area contributed by atoms with Gasteiger partial charge in [0.05, 0.1) is 54.4 Å². The molecular weight excluding hydrogens is 503 g/mol.